The van der Waals surface area contributed by atoms with Crippen LogP contribution in [-0.4, -0.2) is 45.9 Å². The highest BCUT2D eigenvalue weighted by atomic mass is 32.2. The maximum absolute atomic E-state index is 12.4. The van der Waals surface area contributed by atoms with E-state index in [1.807, 2.05) is 0 Å². The van der Waals surface area contributed by atoms with Crippen molar-refractivity contribution in [2.24, 2.45) is 35.5 Å². The Balaban J connectivity index is 1.33. The second-order valence-electron chi connectivity index (χ2n) is 8.68. The molecule has 4 bridgehead atoms. The van der Waals surface area contributed by atoms with E-state index in [-0.39, 0.29) is 11.8 Å². The largest absolute Gasteiger partial charge is 0.510 e. The van der Waals surface area contributed by atoms with E-state index < -0.39 is 34.8 Å². The van der Waals surface area contributed by atoms with E-state index >= 15 is 0 Å². The Morgan fingerprint density at radius 1 is 1.00 bits per heavy atom. The van der Waals surface area contributed by atoms with Gasteiger partial charge in [-0.25, -0.2) is 4.79 Å². The summed E-state index contributed by atoms with van der Waals surface area (Å²) in [5, 5.41) is 0. The lowest BCUT2D eigenvalue weighted by molar-refractivity contribution is -0.156. The molecule has 8 heteroatoms. The fraction of sp³-hybridized carbons (Fsp3) is 0.842. The van der Waals surface area contributed by atoms with Crippen LogP contribution in [0.2, 0.25) is 0 Å². The summed E-state index contributed by atoms with van der Waals surface area (Å²) in [5.74, 6) is 2.15. The molecule has 1 heterocycles. The van der Waals surface area contributed by atoms with Crippen molar-refractivity contribution in [1.29, 1.82) is 0 Å². The van der Waals surface area contributed by atoms with Gasteiger partial charge in [-0.1, -0.05) is 12.2 Å². The summed E-state index contributed by atoms with van der Waals surface area (Å²) in [4.78, 5) is 12.4. The van der Waals surface area contributed by atoms with E-state index in [1.165, 1.54) is 0 Å². The molecule has 0 N–H and O–H groups in total. The number of allylic oxidation sites excluding steroid dienone is 2. The van der Waals surface area contributed by atoms with Crippen molar-refractivity contribution in [3.05, 3.63) is 12.2 Å². The van der Waals surface area contributed by atoms with Gasteiger partial charge in [-0.3, -0.25) is 4.18 Å². The molecule has 5 aliphatic rings. The van der Waals surface area contributed by atoms with Gasteiger partial charge in [0.2, 0.25) is 6.29 Å². The molecule has 4 fully saturated rings. The molecule has 0 aromatic rings. The van der Waals surface area contributed by atoms with Gasteiger partial charge in [0.05, 0.1) is 12.9 Å². The standard InChI is InChI=1S/C19H26O7S/c1-27(21,22)26-18-13-9-12(15-10-5-6-11(8-10)16(13)15)17(18)25-19(20)24-14-4-2-3-7-23-14/h5-6,10-18H,2-4,7-9H2,1H3. The van der Waals surface area contributed by atoms with Crippen LogP contribution in [-0.2, 0) is 28.5 Å². The molecule has 1 aliphatic heterocycles. The highest BCUT2D eigenvalue weighted by Gasteiger charge is 2.67. The second-order valence-corrected chi connectivity index (χ2v) is 10.3. The van der Waals surface area contributed by atoms with E-state index in [0.29, 0.717) is 36.7 Å². The van der Waals surface area contributed by atoms with Crippen LogP contribution in [0, 0.1) is 35.5 Å². The number of hydrogen-bond acceptors (Lipinski definition) is 7. The van der Waals surface area contributed by atoms with E-state index in [9.17, 15) is 13.2 Å². The summed E-state index contributed by atoms with van der Waals surface area (Å²) < 4.78 is 45.5. The van der Waals surface area contributed by atoms with Crippen molar-refractivity contribution in [2.45, 2.75) is 50.6 Å². The molecule has 0 aromatic heterocycles. The Labute approximate surface area is 159 Å². The van der Waals surface area contributed by atoms with Crippen LogP contribution in [0.3, 0.4) is 0 Å². The minimum atomic E-state index is -3.64. The third-order valence-electron chi connectivity index (χ3n) is 7.17. The molecule has 4 aliphatic carbocycles. The lowest BCUT2D eigenvalue weighted by Gasteiger charge is -2.40. The number of carbonyl (C=O) groups is 1. The fourth-order valence-corrected chi connectivity index (χ4v) is 7.12. The van der Waals surface area contributed by atoms with E-state index in [1.54, 1.807) is 0 Å². The molecule has 3 saturated carbocycles. The molecule has 0 aromatic carbocycles. The number of carbonyl (C=O) groups excluding carboxylic acids is 1. The van der Waals surface area contributed by atoms with Crippen molar-refractivity contribution in [1.82, 2.24) is 0 Å². The maximum atomic E-state index is 12.4. The first-order valence-corrected chi connectivity index (χ1v) is 11.8. The number of hydrogen-bond donors (Lipinski definition) is 0. The van der Waals surface area contributed by atoms with Gasteiger partial charge in [0.25, 0.3) is 10.1 Å². The predicted molar refractivity (Wildman–Crippen MR) is 94.0 cm³/mol. The van der Waals surface area contributed by atoms with Crippen molar-refractivity contribution in [2.75, 3.05) is 12.9 Å². The highest BCUT2D eigenvalue weighted by molar-refractivity contribution is 7.86. The summed E-state index contributed by atoms with van der Waals surface area (Å²) in [6.45, 7) is 0.574. The Kier molecular flexibility index (Phi) is 4.29. The quantitative estimate of drug-likeness (QED) is 0.311. The Hall–Kier alpha value is -1.12. The van der Waals surface area contributed by atoms with Crippen LogP contribution in [0.4, 0.5) is 4.79 Å². The van der Waals surface area contributed by atoms with Gasteiger partial charge in [-0.15, -0.1) is 0 Å². The fourth-order valence-electron chi connectivity index (χ4n) is 6.46. The van der Waals surface area contributed by atoms with Gasteiger partial charge in [-0.05, 0) is 55.3 Å². The van der Waals surface area contributed by atoms with Gasteiger partial charge >= 0.3 is 6.16 Å². The second kappa shape index (κ2) is 6.46. The SMILES string of the molecule is CS(=O)(=O)OC1C2CC(C1OC(=O)OC1CCCCO1)C1C3C=CC(C3)C21. The third-order valence-corrected chi connectivity index (χ3v) is 7.74. The topological polar surface area (TPSA) is 88.1 Å². The van der Waals surface area contributed by atoms with E-state index in [0.717, 1.165) is 31.9 Å². The Bertz CT molecular complexity index is 741. The summed E-state index contributed by atoms with van der Waals surface area (Å²) in [7, 11) is -3.64. The van der Waals surface area contributed by atoms with Gasteiger partial charge in [-0.2, -0.15) is 8.42 Å². The molecular weight excluding hydrogens is 372 g/mol. The first kappa shape index (κ1) is 17.9. The zero-order chi connectivity index (χ0) is 18.8. The highest BCUT2D eigenvalue weighted by Crippen LogP contribution is 2.66. The lowest BCUT2D eigenvalue weighted by Crippen LogP contribution is -2.48. The molecule has 0 radical (unpaired) electrons. The first-order chi connectivity index (χ1) is 12.9. The average Bonchev–Trinajstić information content (AvgIpc) is 3.34. The molecule has 150 valence electrons. The maximum Gasteiger partial charge on any atom is 0.510 e. The number of fused-ring (bicyclic) bond motifs is 9. The molecule has 7 nitrogen and oxygen atoms in total. The van der Waals surface area contributed by atoms with E-state index in [4.69, 9.17) is 18.4 Å². The van der Waals surface area contributed by atoms with Gasteiger partial charge in [0.15, 0.2) is 0 Å². The summed E-state index contributed by atoms with van der Waals surface area (Å²) in [6, 6.07) is 0. The molecule has 5 rings (SSSR count). The molecule has 1 saturated heterocycles. The van der Waals surface area contributed by atoms with Gasteiger partial charge in [0, 0.05) is 12.3 Å². The van der Waals surface area contributed by atoms with Crippen molar-refractivity contribution >= 4 is 16.3 Å². The lowest BCUT2D eigenvalue weighted by atomic mass is 9.71. The first-order valence-electron chi connectivity index (χ1n) is 9.96. The smallest absolute Gasteiger partial charge is 0.428 e. The molecule has 0 amide bonds. The number of ether oxygens (including phenoxy) is 3. The monoisotopic (exact) mass is 398 g/mol. The summed E-state index contributed by atoms with van der Waals surface area (Å²) in [6.07, 6.45) is 7.62. The molecule has 27 heavy (non-hydrogen) atoms. The zero-order valence-electron chi connectivity index (χ0n) is 15.4. The van der Waals surface area contributed by atoms with E-state index in [2.05, 4.69) is 12.2 Å². The van der Waals surface area contributed by atoms with Crippen LogP contribution in [0.5, 0.6) is 0 Å². The number of rotatable bonds is 4. The van der Waals surface area contributed by atoms with Crippen LogP contribution in [0.15, 0.2) is 12.2 Å². The minimum absolute atomic E-state index is 0.110. The Morgan fingerprint density at radius 3 is 2.33 bits per heavy atom. The zero-order valence-corrected chi connectivity index (χ0v) is 16.2. The van der Waals surface area contributed by atoms with Gasteiger partial charge < -0.3 is 14.2 Å². The van der Waals surface area contributed by atoms with Crippen molar-refractivity contribution in [3.8, 4) is 0 Å². The predicted octanol–water partition coefficient (Wildman–Crippen LogP) is 2.47. The molecule has 9 unspecified atom stereocenters. The molecule has 0 spiro atoms. The molecular formula is C19H26O7S. The van der Waals surface area contributed by atoms with Crippen LogP contribution in [0.1, 0.15) is 32.1 Å². The van der Waals surface area contributed by atoms with Gasteiger partial charge in [0.1, 0.15) is 12.2 Å². The minimum Gasteiger partial charge on any atom is -0.428 e. The Morgan fingerprint density at radius 2 is 1.70 bits per heavy atom. The van der Waals surface area contributed by atoms with Crippen LogP contribution >= 0.6 is 0 Å². The molecule has 9 atom stereocenters. The van der Waals surface area contributed by atoms with Crippen molar-refractivity contribution in [3.63, 3.8) is 0 Å². The third kappa shape index (κ3) is 3.09. The summed E-state index contributed by atoms with van der Waals surface area (Å²) >= 11 is 0. The van der Waals surface area contributed by atoms with Crippen LogP contribution < -0.4 is 0 Å². The average molecular weight is 398 g/mol. The normalized spacial score (nSPS) is 47.2. The van der Waals surface area contributed by atoms with Crippen molar-refractivity contribution < 1.29 is 31.6 Å². The summed E-state index contributed by atoms with van der Waals surface area (Å²) in [5.41, 5.74) is 0. The van der Waals surface area contributed by atoms with Crippen LogP contribution in [0.25, 0.3) is 0 Å².